The van der Waals surface area contributed by atoms with Gasteiger partial charge >= 0.3 is 6.18 Å². The van der Waals surface area contributed by atoms with Crippen LogP contribution in [0.3, 0.4) is 0 Å². The van der Waals surface area contributed by atoms with Crippen LogP contribution in [0.15, 0.2) is 42.5 Å². The van der Waals surface area contributed by atoms with Crippen molar-refractivity contribution >= 4 is 0 Å². The van der Waals surface area contributed by atoms with E-state index >= 15 is 0 Å². The lowest BCUT2D eigenvalue weighted by atomic mass is 9.97. The molecule has 20 heavy (non-hydrogen) atoms. The average molecular weight is 281 g/mol. The number of nitrogens with one attached hydrogen (secondary N) is 1. The smallest absolute Gasteiger partial charge is 0.302 e. The zero-order valence-corrected chi connectivity index (χ0v) is 10.3. The Morgan fingerprint density at radius 3 is 2.50 bits per heavy atom. The summed E-state index contributed by atoms with van der Waals surface area (Å²) in [5.41, 5.74) is 1.33. The van der Waals surface area contributed by atoms with Crippen LogP contribution in [-0.4, -0.2) is 0 Å². The van der Waals surface area contributed by atoms with E-state index in [9.17, 15) is 17.6 Å². The third-order valence-corrected chi connectivity index (χ3v) is 3.49. The Balaban J connectivity index is 1.99. The van der Waals surface area contributed by atoms with E-state index in [0.717, 1.165) is 23.3 Å². The fourth-order valence-corrected chi connectivity index (χ4v) is 2.54. The molecule has 0 fully saturated rings. The molecule has 0 saturated carbocycles. The summed E-state index contributed by atoms with van der Waals surface area (Å²) >= 11 is 0. The maximum atomic E-state index is 13.6. The Labute approximate surface area is 113 Å². The first-order valence-corrected chi connectivity index (χ1v) is 6.14. The molecule has 1 heterocycles. The van der Waals surface area contributed by atoms with Crippen molar-refractivity contribution in [1.82, 2.24) is 5.32 Å². The first kappa shape index (κ1) is 13.1. The monoisotopic (exact) mass is 281 g/mol. The number of fused-ring (bicyclic) bond motifs is 1. The third kappa shape index (κ3) is 2.18. The summed E-state index contributed by atoms with van der Waals surface area (Å²) in [4.78, 5) is 0. The molecule has 1 atom stereocenters. The minimum Gasteiger partial charge on any atom is -0.302 e. The number of rotatable bonds is 1. The van der Waals surface area contributed by atoms with Gasteiger partial charge in [-0.2, -0.15) is 13.2 Å². The summed E-state index contributed by atoms with van der Waals surface area (Å²) in [5, 5.41) is 3.18. The Morgan fingerprint density at radius 2 is 1.80 bits per heavy atom. The normalized spacial score (nSPS) is 18.1. The largest absolute Gasteiger partial charge is 0.419 e. The van der Waals surface area contributed by atoms with Crippen LogP contribution in [0.25, 0.3) is 0 Å². The van der Waals surface area contributed by atoms with Crippen molar-refractivity contribution < 1.29 is 17.6 Å². The van der Waals surface area contributed by atoms with E-state index in [1.807, 2.05) is 24.3 Å². The molecule has 1 nitrogen and oxygen atoms in total. The molecule has 1 aliphatic rings. The van der Waals surface area contributed by atoms with Crippen LogP contribution in [0, 0.1) is 5.82 Å². The molecule has 0 saturated heterocycles. The van der Waals surface area contributed by atoms with E-state index in [1.54, 1.807) is 0 Å². The number of hydrogen-bond acceptors (Lipinski definition) is 1. The molecule has 0 amide bonds. The molecule has 0 aliphatic carbocycles. The first-order chi connectivity index (χ1) is 9.47. The Hall–Kier alpha value is -1.88. The summed E-state index contributed by atoms with van der Waals surface area (Å²) in [5.74, 6) is -1.24. The van der Waals surface area contributed by atoms with E-state index < -0.39 is 17.6 Å². The van der Waals surface area contributed by atoms with Gasteiger partial charge in [-0.3, -0.25) is 0 Å². The highest BCUT2D eigenvalue weighted by Crippen LogP contribution is 2.35. The van der Waals surface area contributed by atoms with E-state index in [1.165, 1.54) is 6.07 Å². The molecule has 1 unspecified atom stereocenters. The second-order valence-corrected chi connectivity index (χ2v) is 4.75. The zero-order valence-electron chi connectivity index (χ0n) is 10.3. The van der Waals surface area contributed by atoms with Crippen LogP contribution < -0.4 is 5.32 Å². The van der Waals surface area contributed by atoms with Gasteiger partial charge in [-0.15, -0.1) is 0 Å². The SMILES string of the molecule is Fc1cc(C2NCc3ccccc32)ccc1C(F)(F)F. The molecule has 3 rings (SSSR count). The first-order valence-electron chi connectivity index (χ1n) is 6.14. The van der Waals surface area contributed by atoms with Gasteiger partial charge in [0.1, 0.15) is 5.82 Å². The Kier molecular flexibility index (Phi) is 3.01. The molecule has 0 spiro atoms. The van der Waals surface area contributed by atoms with Crippen molar-refractivity contribution in [2.45, 2.75) is 18.8 Å². The van der Waals surface area contributed by atoms with Gasteiger partial charge in [0, 0.05) is 6.54 Å². The highest BCUT2D eigenvalue weighted by atomic mass is 19.4. The van der Waals surface area contributed by atoms with Crippen molar-refractivity contribution in [3.8, 4) is 0 Å². The van der Waals surface area contributed by atoms with E-state index in [0.29, 0.717) is 12.1 Å². The van der Waals surface area contributed by atoms with Crippen LogP contribution in [0.2, 0.25) is 0 Å². The maximum Gasteiger partial charge on any atom is 0.419 e. The average Bonchev–Trinajstić information content (AvgIpc) is 2.80. The lowest BCUT2D eigenvalue weighted by Gasteiger charge is -2.15. The summed E-state index contributed by atoms with van der Waals surface area (Å²) in [6.45, 7) is 0.628. The van der Waals surface area contributed by atoms with Crippen LogP contribution in [0.4, 0.5) is 17.6 Å². The molecule has 5 heteroatoms. The summed E-state index contributed by atoms with van der Waals surface area (Å²) in [7, 11) is 0. The third-order valence-electron chi connectivity index (χ3n) is 3.49. The molecule has 2 aromatic rings. The predicted molar refractivity (Wildman–Crippen MR) is 66.5 cm³/mol. The fourth-order valence-electron chi connectivity index (χ4n) is 2.54. The van der Waals surface area contributed by atoms with Gasteiger partial charge in [0.2, 0.25) is 0 Å². The topological polar surface area (TPSA) is 12.0 Å². The quantitative estimate of drug-likeness (QED) is 0.778. The molecule has 0 radical (unpaired) electrons. The van der Waals surface area contributed by atoms with Crippen LogP contribution in [0.1, 0.15) is 28.3 Å². The van der Waals surface area contributed by atoms with E-state index in [2.05, 4.69) is 5.32 Å². The van der Waals surface area contributed by atoms with Gasteiger partial charge in [-0.25, -0.2) is 4.39 Å². The molecular formula is C15H11F4N. The van der Waals surface area contributed by atoms with Gasteiger partial charge in [0.05, 0.1) is 11.6 Å². The van der Waals surface area contributed by atoms with Gasteiger partial charge in [-0.1, -0.05) is 30.3 Å². The Bertz CT molecular complexity index is 649. The minimum absolute atomic E-state index is 0.261. The fraction of sp³-hybridized carbons (Fsp3) is 0.200. The minimum atomic E-state index is -4.66. The van der Waals surface area contributed by atoms with Gasteiger partial charge in [0.15, 0.2) is 0 Å². The number of benzene rings is 2. The number of halogens is 4. The van der Waals surface area contributed by atoms with Crippen molar-refractivity contribution in [2.75, 3.05) is 0 Å². The molecule has 104 valence electrons. The van der Waals surface area contributed by atoms with Crippen LogP contribution in [-0.2, 0) is 12.7 Å². The van der Waals surface area contributed by atoms with Gasteiger partial charge < -0.3 is 5.32 Å². The lowest BCUT2D eigenvalue weighted by Crippen LogP contribution is -2.15. The van der Waals surface area contributed by atoms with Crippen molar-refractivity contribution in [3.63, 3.8) is 0 Å². The molecule has 2 aromatic carbocycles. The van der Waals surface area contributed by atoms with Crippen LogP contribution in [0.5, 0.6) is 0 Å². The molecule has 1 aliphatic heterocycles. The zero-order chi connectivity index (χ0) is 14.3. The highest BCUT2D eigenvalue weighted by Gasteiger charge is 2.34. The molecule has 0 aromatic heterocycles. The number of alkyl halides is 3. The second-order valence-electron chi connectivity index (χ2n) is 4.75. The predicted octanol–water partition coefficient (Wildman–Crippen LogP) is 4.04. The number of hydrogen-bond donors (Lipinski definition) is 1. The summed E-state index contributed by atoms with van der Waals surface area (Å²) in [6.07, 6.45) is -4.66. The van der Waals surface area contributed by atoms with Crippen molar-refractivity contribution in [2.24, 2.45) is 0 Å². The second kappa shape index (κ2) is 4.59. The Morgan fingerprint density at radius 1 is 1.05 bits per heavy atom. The lowest BCUT2D eigenvalue weighted by molar-refractivity contribution is -0.140. The molecule has 1 N–H and O–H groups in total. The summed E-state index contributed by atoms with van der Waals surface area (Å²) < 4.78 is 51.3. The molecular weight excluding hydrogens is 270 g/mol. The summed E-state index contributed by atoms with van der Waals surface area (Å²) in [6, 6.07) is 10.4. The van der Waals surface area contributed by atoms with Gasteiger partial charge in [-0.05, 0) is 28.8 Å². The maximum absolute atomic E-state index is 13.6. The standard InChI is InChI=1S/C15H11F4N/c16-13-7-9(5-6-12(13)15(17,18)19)14-11-4-2-1-3-10(11)8-20-14/h1-7,14,20H,8H2. The molecule has 0 bridgehead atoms. The van der Waals surface area contributed by atoms with E-state index in [4.69, 9.17) is 0 Å². The van der Waals surface area contributed by atoms with Crippen LogP contribution >= 0.6 is 0 Å². The highest BCUT2D eigenvalue weighted by molar-refractivity contribution is 5.42. The van der Waals surface area contributed by atoms with Crippen molar-refractivity contribution in [3.05, 3.63) is 70.5 Å². The van der Waals surface area contributed by atoms with Crippen molar-refractivity contribution in [1.29, 1.82) is 0 Å². The van der Waals surface area contributed by atoms with Gasteiger partial charge in [0.25, 0.3) is 0 Å². The van der Waals surface area contributed by atoms with E-state index in [-0.39, 0.29) is 6.04 Å².